The van der Waals surface area contributed by atoms with Crippen molar-refractivity contribution in [1.29, 1.82) is 5.26 Å². The number of hydrogen-bond donors (Lipinski definition) is 1. The third-order valence-electron chi connectivity index (χ3n) is 4.51. The van der Waals surface area contributed by atoms with Gasteiger partial charge in [0.25, 0.3) is 11.6 Å². The maximum atomic E-state index is 14.0. The topological polar surface area (TPSA) is 127 Å². The Kier molecular flexibility index (Phi) is 7.89. The number of benzene rings is 3. The van der Waals surface area contributed by atoms with Crippen LogP contribution in [0.4, 0.5) is 10.1 Å². The fraction of sp³-hybridized carbons (Fsp3) is 0.0870. The van der Waals surface area contributed by atoms with Gasteiger partial charge in [-0.3, -0.25) is 14.9 Å². The summed E-state index contributed by atoms with van der Waals surface area (Å²) < 4.78 is 25.6. The third kappa shape index (κ3) is 5.93. The standard InChI is InChI=1S/C23H16BrFN4O5/c1-33-21-9-16(12-27-28-23(30)18-6-5-14(11-26)8-20(18)25)19(24)10-22(21)34-13-15-3-2-4-17(7-15)29(31)32/h2-10,12H,13H2,1H3,(H,28,30)/b27-12-. The first kappa shape index (κ1) is 24.3. The molecule has 0 fully saturated rings. The number of hydrazone groups is 1. The van der Waals surface area contributed by atoms with Crippen molar-refractivity contribution in [2.45, 2.75) is 6.61 Å². The van der Waals surface area contributed by atoms with Crippen LogP contribution in [0.5, 0.6) is 11.5 Å². The average Bonchev–Trinajstić information content (AvgIpc) is 2.83. The summed E-state index contributed by atoms with van der Waals surface area (Å²) in [5, 5.41) is 23.6. The Morgan fingerprint density at radius 2 is 2.06 bits per heavy atom. The van der Waals surface area contributed by atoms with E-state index in [1.807, 2.05) is 0 Å². The number of non-ortho nitro benzene ring substituents is 1. The van der Waals surface area contributed by atoms with Crippen LogP contribution in [0.2, 0.25) is 0 Å². The van der Waals surface area contributed by atoms with Gasteiger partial charge >= 0.3 is 0 Å². The van der Waals surface area contributed by atoms with Crippen molar-refractivity contribution < 1.29 is 23.6 Å². The number of carbonyl (C=O) groups excluding carboxylic acids is 1. The molecule has 0 atom stereocenters. The second kappa shape index (κ2) is 11.0. The average molecular weight is 527 g/mol. The van der Waals surface area contributed by atoms with E-state index < -0.39 is 16.6 Å². The van der Waals surface area contributed by atoms with Gasteiger partial charge in [-0.05, 0) is 51.8 Å². The van der Waals surface area contributed by atoms with Crippen LogP contribution in [0, 0.1) is 27.3 Å². The number of nitrogens with zero attached hydrogens (tertiary/aromatic N) is 3. The monoisotopic (exact) mass is 526 g/mol. The number of carbonyl (C=O) groups is 1. The predicted molar refractivity (Wildman–Crippen MR) is 124 cm³/mol. The Bertz CT molecular complexity index is 1320. The summed E-state index contributed by atoms with van der Waals surface area (Å²) in [5.41, 5.74) is 3.17. The zero-order valence-corrected chi connectivity index (χ0v) is 19.2. The molecule has 0 unspecified atom stereocenters. The first-order valence-corrected chi connectivity index (χ1v) is 10.4. The molecule has 1 amide bonds. The van der Waals surface area contributed by atoms with Crippen molar-refractivity contribution in [1.82, 2.24) is 5.43 Å². The lowest BCUT2D eigenvalue weighted by Crippen LogP contribution is -2.19. The lowest BCUT2D eigenvalue weighted by Gasteiger charge is -2.13. The maximum absolute atomic E-state index is 14.0. The van der Waals surface area contributed by atoms with Crippen molar-refractivity contribution in [3.05, 3.63) is 97.3 Å². The minimum atomic E-state index is -0.833. The van der Waals surface area contributed by atoms with Gasteiger partial charge in [0.15, 0.2) is 11.5 Å². The molecule has 3 aromatic carbocycles. The summed E-state index contributed by atoms with van der Waals surface area (Å²) in [7, 11) is 1.44. The lowest BCUT2D eigenvalue weighted by atomic mass is 10.1. The van der Waals surface area contributed by atoms with Crippen LogP contribution in [0.25, 0.3) is 0 Å². The summed E-state index contributed by atoms with van der Waals surface area (Å²) in [6, 6.07) is 14.6. The van der Waals surface area contributed by atoms with Gasteiger partial charge in [-0.15, -0.1) is 0 Å². The minimum absolute atomic E-state index is 0.0382. The molecule has 0 radical (unpaired) electrons. The molecule has 1 N–H and O–H groups in total. The molecule has 0 spiro atoms. The number of nitriles is 1. The smallest absolute Gasteiger partial charge is 0.274 e. The van der Waals surface area contributed by atoms with Crippen LogP contribution in [-0.4, -0.2) is 24.2 Å². The molecule has 0 aliphatic carbocycles. The largest absolute Gasteiger partial charge is 0.493 e. The second-order valence-corrected chi connectivity index (χ2v) is 7.60. The summed E-state index contributed by atoms with van der Waals surface area (Å²) in [4.78, 5) is 22.6. The van der Waals surface area contributed by atoms with Gasteiger partial charge in [0.2, 0.25) is 0 Å². The molecule has 0 heterocycles. The highest BCUT2D eigenvalue weighted by Gasteiger charge is 2.13. The Morgan fingerprint density at radius 3 is 2.74 bits per heavy atom. The Balaban J connectivity index is 1.71. The molecule has 0 bridgehead atoms. The molecule has 0 aromatic heterocycles. The molecular formula is C23H16BrFN4O5. The van der Waals surface area contributed by atoms with E-state index in [1.165, 1.54) is 37.6 Å². The van der Waals surface area contributed by atoms with Gasteiger partial charge in [0, 0.05) is 22.2 Å². The van der Waals surface area contributed by atoms with Gasteiger partial charge in [0.1, 0.15) is 12.4 Å². The number of nitro groups is 1. The van der Waals surface area contributed by atoms with Crippen molar-refractivity contribution >= 4 is 33.7 Å². The predicted octanol–water partition coefficient (Wildman–Crippen LogP) is 4.72. The molecule has 34 heavy (non-hydrogen) atoms. The zero-order valence-electron chi connectivity index (χ0n) is 17.6. The van der Waals surface area contributed by atoms with E-state index in [2.05, 4.69) is 26.5 Å². The van der Waals surface area contributed by atoms with Crippen LogP contribution in [0.15, 0.2) is 64.2 Å². The third-order valence-corrected chi connectivity index (χ3v) is 5.20. The molecule has 9 nitrogen and oxygen atoms in total. The molecule has 0 aliphatic heterocycles. The van der Waals surface area contributed by atoms with Crippen molar-refractivity contribution in [2.24, 2.45) is 5.10 Å². The fourth-order valence-corrected chi connectivity index (χ4v) is 3.26. The number of halogens is 2. The van der Waals surface area contributed by atoms with Gasteiger partial charge in [0.05, 0.1) is 35.4 Å². The Morgan fingerprint density at radius 1 is 1.26 bits per heavy atom. The summed E-state index contributed by atoms with van der Waals surface area (Å²) in [5.74, 6) is -0.876. The first-order chi connectivity index (χ1) is 16.3. The van der Waals surface area contributed by atoms with E-state index in [0.717, 1.165) is 6.07 Å². The van der Waals surface area contributed by atoms with E-state index in [0.29, 0.717) is 27.1 Å². The first-order valence-electron chi connectivity index (χ1n) is 9.59. The van der Waals surface area contributed by atoms with E-state index in [9.17, 15) is 19.3 Å². The van der Waals surface area contributed by atoms with Crippen molar-refractivity contribution in [3.8, 4) is 17.6 Å². The van der Waals surface area contributed by atoms with Gasteiger partial charge < -0.3 is 9.47 Å². The number of rotatable bonds is 8. The van der Waals surface area contributed by atoms with Gasteiger partial charge in [-0.25, -0.2) is 9.82 Å². The Labute approximate surface area is 201 Å². The Hall–Kier alpha value is -4.30. The van der Waals surface area contributed by atoms with E-state index >= 15 is 0 Å². The molecule has 0 saturated heterocycles. The zero-order chi connectivity index (χ0) is 24.7. The van der Waals surface area contributed by atoms with Crippen LogP contribution in [-0.2, 0) is 6.61 Å². The summed E-state index contributed by atoms with van der Waals surface area (Å²) in [6.07, 6.45) is 1.33. The van der Waals surface area contributed by atoms with E-state index in [4.69, 9.17) is 14.7 Å². The molecule has 3 rings (SSSR count). The minimum Gasteiger partial charge on any atom is -0.493 e. The number of nitro benzene ring substituents is 1. The highest BCUT2D eigenvalue weighted by Crippen LogP contribution is 2.33. The number of methoxy groups -OCH3 is 1. The number of nitrogens with one attached hydrogen (secondary N) is 1. The number of hydrogen-bond acceptors (Lipinski definition) is 7. The van der Waals surface area contributed by atoms with Crippen molar-refractivity contribution in [2.75, 3.05) is 7.11 Å². The second-order valence-electron chi connectivity index (χ2n) is 6.75. The SMILES string of the molecule is COc1cc(/C=N\NC(=O)c2ccc(C#N)cc2F)c(Br)cc1OCc1cccc([N+](=O)[O-])c1. The van der Waals surface area contributed by atoms with Crippen molar-refractivity contribution in [3.63, 3.8) is 0 Å². The molecule has 172 valence electrons. The quantitative estimate of drug-likeness (QED) is 0.257. The van der Waals surface area contributed by atoms with E-state index in [-0.39, 0.29) is 23.4 Å². The normalized spacial score (nSPS) is 10.5. The fourth-order valence-electron chi connectivity index (χ4n) is 2.83. The molecule has 0 aliphatic rings. The molecule has 3 aromatic rings. The van der Waals surface area contributed by atoms with Crippen LogP contribution in [0.3, 0.4) is 0 Å². The molecule has 0 saturated carbocycles. The van der Waals surface area contributed by atoms with Gasteiger partial charge in [-0.1, -0.05) is 12.1 Å². The number of amides is 1. The maximum Gasteiger partial charge on any atom is 0.274 e. The highest BCUT2D eigenvalue weighted by atomic mass is 79.9. The highest BCUT2D eigenvalue weighted by molar-refractivity contribution is 9.10. The lowest BCUT2D eigenvalue weighted by molar-refractivity contribution is -0.384. The summed E-state index contributed by atoms with van der Waals surface area (Å²) >= 11 is 3.39. The summed E-state index contributed by atoms with van der Waals surface area (Å²) in [6.45, 7) is 0.0735. The van der Waals surface area contributed by atoms with Crippen LogP contribution in [0.1, 0.15) is 27.0 Å². The molecular weight excluding hydrogens is 511 g/mol. The molecule has 11 heteroatoms. The number of ether oxygens (including phenoxy) is 2. The van der Waals surface area contributed by atoms with E-state index in [1.54, 1.807) is 30.3 Å². The van der Waals surface area contributed by atoms with Crippen LogP contribution >= 0.6 is 15.9 Å². The van der Waals surface area contributed by atoms with Crippen LogP contribution < -0.4 is 14.9 Å². The van der Waals surface area contributed by atoms with Gasteiger partial charge in [-0.2, -0.15) is 10.4 Å².